The highest BCUT2D eigenvalue weighted by atomic mass is 16.5. The number of methoxy groups -OCH3 is 3. The molecule has 0 spiro atoms. The highest BCUT2D eigenvalue weighted by molar-refractivity contribution is 5.69. The van der Waals surface area contributed by atoms with E-state index in [1.165, 1.54) is 21.3 Å². The Kier molecular flexibility index (Phi) is 4.31. The summed E-state index contributed by atoms with van der Waals surface area (Å²) in [6.07, 6.45) is 1.38. The molecule has 0 saturated carbocycles. The van der Waals surface area contributed by atoms with Gasteiger partial charge in [-0.1, -0.05) is 13.3 Å². The molecular formula is C12H18O5. The van der Waals surface area contributed by atoms with Crippen LogP contribution in [-0.2, 0) is 6.42 Å². The quantitative estimate of drug-likeness (QED) is 0.774. The largest absolute Gasteiger partial charge is 0.504 e. The lowest BCUT2D eigenvalue weighted by atomic mass is 10.1. The maximum Gasteiger partial charge on any atom is 0.211 e. The van der Waals surface area contributed by atoms with Crippen molar-refractivity contribution >= 4 is 0 Å². The lowest BCUT2D eigenvalue weighted by Gasteiger charge is -2.18. The monoisotopic (exact) mass is 242 g/mol. The van der Waals surface area contributed by atoms with Crippen LogP contribution in [0.25, 0.3) is 0 Å². The first-order chi connectivity index (χ1) is 8.12. The molecule has 0 bridgehead atoms. The van der Waals surface area contributed by atoms with E-state index in [-0.39, 0.29) is 23.0 Å². The molecule has 0 fully saturated rings. The van der Waals surface area contributed by atoms with Gasteiger partial charge >= 0.3 is 0 Å². The minimum atomic E-state index is -0.325. The second-order valence-electron chi connectivity index (χ2n) is 3.53. The molecule has 0 aromatic heterocycles. The minimum absolute atomic E-state index is 0.0710. The number of hydrogen-bond acceptors (Lipinski definition) is 5. The zero-order valence-corrected chi connectivity index (χ0v) is 10.5. The van der Waals surface area contributed by atoms with E-state index in [1.807, 2.05) is 6.92 Å². The molecule has 1 aromatic carbocycles. The van der Waals surface area contributed by atoms with E-state index >= 15 is 0 Å². The molecule has 0 heterocycles. The van der Waals surface area contributed by atoms with Crippen LogP contribution in [0.2, 0.25) is 0 Å². The zero-order valence-electron chi connectivity index (χ0n) is 10.5. The first kappa shape index (κ1) is 13.3. The maximum atomic E-state index is 9.91. The van der Waals surface area contributed by atoms with Crippen molar-refractivity contribution < 1.29 is 24.4 Å². The maximum absolute atomic E-state index is 9.91. The highest BCUT2D eigenvalue weighted by Crippen LogP contribution is 2.52. The standard InChI is InChI=1S/C12H18O5/c1-5-6-7-8(13)9(14)11(16-3)12(17-4)10(7)15-2/h13-14H,5-6H2,1-4H3. The summed E-state index contributed by atoms with van der Waals surface area (Å²) < 4.78 is 15.4. The van der Waals surface area contributed by atoms with Gasteiger partial charge in [0.1, 0.15) is 0 Å². The fourth-order valence-electron chi connectivity index (χ4n) is 1.78. The average molecular weight is 242 g/mol. The van der Waals surface area contributed by atoms with Crippen LogP contribution < -0.4 is 14.2 Å². The van der Waals surface area contributed by atoms with Gasteiger partial charge in [0.15, 0.2) is 11.5 Å². The summed E-state index contributed by atoms with van der Waals surface area (Å²) >= 11 is 0. The van der Waals surface area contributed by atoms with Crippen molar-refractivity contribution in [2.24, 2.45) is 0 Å². The number of phenols is 2. The second kappa shape index (κ2) is 5.52. The van der Waals surface area contributed by atoms with Crippen molar-refractivity contribution in [2.75, 3.05) is 21.3 Å². The lowest BCUT2D eigenvalue weighted by Crippen LogP contribution is -2.00. The van der Waals surface area contributed by atoms with Gasteiger partial charge in [-0.3, -0.25) is 0 Å². The molecule has 0 atom stereocenters. The van der Waals surface area contributed by atoms with Crippen LogP contribution in [0.1, 0.15) is 18.9 Å². The van der Waals surface area contributed by atoms with Gasteiger partial charge in [0.25, 0.3) is 0 Å². The number of benzene rings is 1. The number of rotatable bonds is 5. The van der Waals surface area contributed by atoms with E-state index in [1.54, 1.807) is 0 Å². The minimum Gasteiger partial charge on any atom is -0.504 e. The molecule has 0 aliphatic heterocycles. The Morgan fingerprint density at radius 2 is 1.35 bits per heavy atom. The molecule has 0 aliphatic rings. The van der Waals surface area contributed by atoms with Gasteiger partial charge in [-0.2, -0.15) is 0 Å². The first-order valence-corrected chi connectivity index (χ1v) is 5.34. The predicted molar refractivity (Wildman–Crippen MR) is 63.4 cm³/mol. The molecule has 96 valence electrons. The molecular weight excluding hydrogens is 224 g/mol. The van der Waals surface area contributed by atoms with Crippen LogP contribution in [0.3, 0.4) is 0 Å². The summed E-state index contributed by atoms with van der Waals surface area (Å²) in [5.74, 6) is 0.201. The first-order valence-electron chi connectivity index (χ1n) is 5.34. The Labute approximate surface area is 101 Å². The normalized spacial score (nSPS) is 10.1. The van der Waals surface area contributed by atoms with Gasteiger partial charge in [-0.15, -0.1) is 0 Å². The summed E-state index contributed by atoms with van der Waals surface area (Å²) in [5.41, 5.74) is 0.519. The van der Waals surface area contributed by atoms with Crippen LogP contribution >= 0.6 is 0 Å². The van der Waals surface area contributed by atoms with Gasteiger partial charge in [0.05, 0.1) is 21.3 Å². The average Bonchev–Trinajstić information content (AvgIpc) is 2.34. The molecule has 5 nitrogen and oxygen atoms in total. The summed E-state index contributed by atoms with van der Waals surface area (Å²) in [7, 11) is 4.31. The van der Waals surface area contributed by atoms with Crippen molar-refractivity contribution in [2.45, 2.75) is 19.8 Å². The van der Waals surface area contributed by atoms with E-state index < -0.39 is 0 Å². The van der Waals surface area contributed by atoms with Crippen LogP contribution in [0, 0.1) is 0 Å². The summed E-state index contributed by atoms with van der Waals surface area (Å²) in [6.45, 7) is 1.96. The molecule has 17 heavy (non-hydrogen) atoms. The Hall–Kier alpha value is -1.78. The van der Waals surface area contributed by atoms with Crippen molar-refractivity contribution in [3.05, 3.63) is 5.56 Å². The van der Waals surface area contributed by atoms with Gasteiger partial charge < -0.3 is 24.4 Å². The molecule has 1 rings (SSSR count). The summed E-state index contributed by atoms with van der Waals surface area (Å²) in [4.78, 5) is 0. The number of phenolic OH excluding ortho intramolecular Hbond substituents is 2. The van der Waals surface area contributed by atoms with Crippen LogP contribution in [0.15, 0.2) is 0 Å². The predicted octanol–water partition coefficient (Wildman–Crippen LogP) is 2.08. The highest BCUT2D eigenvalue weighted by Gasteiger charge is 2.25. The zero-order chi connectivity index (χ0) is 13.0. The molecule has 0 saturated heterocycles. The van der Waals surface area contributed by atoms with Gasteiger partial charge in [0, 0.05) is 5.56 Å². The Morgan fingerprint density at radius 3 is 1.76 bits per heavy atom. The van der Waals surface area contributed by atoms with Gasteiger partial charge in [-0.05, 0) is 6.42 Å². The molecule has 0 radical (unpaired) electrons. The van der Waals surface area contributed by atoms with E-state index in [9.17, 15) is 10.2 Å². The van der Waals surface area contributed by atoms with Crippen molar-refractivity contribution in [1.82, 2.24) is 0 Å². The molecule has 0 aliphatic carbocycles. The lowest BCUT2D eigenvalue weighted by molar-refractivity contribution is 0.297. The van der Waals surface area contributed by atoms with Crippen LogP contribution in [-0.4, -0.2) is 31.5 Å². The van der Waals surface area contributed by atoms with Gasteiger partial charge in [-0.25, -0.2) is 0 Å². The summed E-state index contributed by atoms with van der Waals surface area (Å²) in [6, 6.07) is 0. The fourth-order valence-corrected chi connectivity index (χ4v) is 1.78. The van der Waals surface area contributed by atoms with Crippen LogP contribution in [0.4, 0.5) is 0 Å². The summed E-state index contributed by atoms with van der Waals surface area (Å²) in [5, 5.41) is 19.7. The SMILES string of the molecule is CCCc1c(O)c(O)c(OC)c(OC)c1OC. The topological polar surface area (TPSA) is 68.2 Å². The third-order valence-electron chi connectivity index (χ3n) is 2.52. The molecule has 0 amide bonds. The van der Waals surface area contributed by atoms with E-state index in [0.29, 0.717) is 17.7 Å². The molecule has 1 aromatic rings. The number of ether oxygens (including phenoxy) is 3. The number of aromatic hydroxyl groups is 2. The van der Waals surface area contributed by atoms with Crippen molar-refractivity contribution in [3.8, 4) is 28.7 Å². The van der Waals surface area contributed by atoms with Gasteiger partial charge in [0.2, 0.25) is 17.2 Å². The second-order valence-corrected chi connectivity index (χ2v) is 3.53. The van der Waals surface area contributed by atoms with E-state index in [0.717, 1.165) is 6.42 Å². The van der Waals surface area contributed by atoms with Crippen molar-refractivity contribution in [3.63, 3.8) is 0 Å². The third-order valence-corrected chi connectivity index (χ3v) is 2.52. The van der Waals surface area contributed by atoms with Crippen molar-refractivity contribution in [1.29, 1.82) is 0 Å². The molecule has 2 N–H and O–H groups in total. The van der Waals surface area contributed by atoms with E-state index in [2.05, 4.69) is 0 Å². The fraction of sp³-hybridized carbons (Fsp3) is 0.500. The van der Waals surface area contributed by atoms with E-state index in [4.69, 9.17) is 14.2 Å². The number of hydrogen-bond donors (Lipinski definition) is 2. The Balaban J connectivity index is 3.56. The molecule has 0 unspecified atom stereocenters. The Morgan fingerprint density at radius 1 is 0.824 bits per heavy atom. The third kappa shape index (κ3) is 2.18. The Bertz CT molecular complexity index is 401. The smallest absolute Gasteiger partial charge is 0.211 e. The van der Waals surface area contributed by atoms with Crippen LogP contribution in [0.5, 0.6) is 28.7 Å². The molecule has 5 heteroatoms.